The molecule has 0 fully saturated rings. The summed E-state index contributed by atoms with van der Waals surface area (Å²) in [6.45, 7) is 6.10. The zero-order valence-corrected chi connectivity index (χ0v) is 13.7. The Bertz CT molecular complexity index is 663. The number of nitrogens with one attached hydrogen (secondary N) is 1. The molecule has 0 spiro atoms. The van der Waals surface area contributed by atoms with Crippen molar-refractivity contribution in [3.8, 4) is 0 Å². The van der Waals surface area contributed by atoms with Gasteiger partial charge in [-0.25, -0.2) is 0 Å². The van der Waals surface area contributed by atoms with E-state index in [0.717, 1.165) is 11.3 Å². The summed E-state index contributed by atoms with van der Waals surface area (Å²) in [6, 6.07) is 7.54. The molecule has 1 atom stereocenters. The number of aliphatic hydroxyl groups is 1. The minimum absolute atomic E-state index is 0.210. The SMILES string of the molecule is Cc1nn(Cc2ccc(Cl)cc2)c(C)c1C(=O)NCC(C)O. The Morgan fingerprint density at radius 3 is 2.59 bits per heavy atom. The third kappa shape index (κ3) is 3.87. The highest BCUT2D eigenvalue weighted by atomic mass is 35.5. The highest BCUT2D eigenvalue weighted by Gasteiger charge is 2.18. The minimum atomic E-state index is -0.575. The Hall–Kier alpha value is -1.85. The molecule has 2 rings (SSSR count). The monoisotopic (exact) mass is 321 g/mol. The van der Waals surface area contributed by atoms with Crippen LogP contribution in [0.2, 0.25) is 5.02 Å². The maximum absolute atomic E-state index is 12.2. The second kappa shape index (κ2) is 6.94. The van der Waals surface area contributed by atoms with Crippen molar-refractivity contribution in [1.82, 2.24) is 15.1 Å². The molecule has 1 amide bonds. The van der Waals surface area contributed by atoms with Crippen LogP contribution in [0.4, 0.5) is 0 Å². The summed E-state index contributed by atoms with van der Waals surface area (Å²) in [4.78, 5) is 12.2. The van der Waals surface area contributed by atoms with Gasteiger partial charge in [0.15, 0.2) is 0 Å². The quantitative estimate of drug-likeness (QED) is 0.888. The van der Waals surface area contributed by atoms with E-state index in [1.165, 1.54) is 0 Å². The number of amides is 1. The number of hydrogen-bond donors (Lipinski definition) is 2. The van der Waals surface area contributed by atoms with Crippen LogP contribution in [0, 0.1) is 13.8 Å². The largest absolute Gasteiger partial charge is 0.392 e. The molecule has 6 heteroatoms. The van der Waals surface area contributed by atoms with E-state index in [1.54, 1.807) is 11.6 Å². The number of rotatable bonds is 5. The van der Waals surface area contributed by atoms with Gasteiger partial charge in [-0.2, -0.15) is 5.10 Å². The van der Waals surface area contributed by atoms with Gasteiger partial charge >= 0.3 is 0 Å². The lowest BCUT2D eigenvalue weighted by Gasteiger charge is -2.08. The minimum Gasteiger partial charge on any atom is -0.392 e. The maximum atomic E-state index is 12.2. The first-order chi connectivity index (χ1) is 10.4. The van der Waals surface area contributed by atoms with E-state index in [2.05, 4.69) is 10.4 Å². The number of benzene rings is 1. The topological polar surface area (TPSA) is 67.2 Å². The van der Waals surface area contributed by atoms with Gasteiger partial charge in [0.2, 0.25) is 0 Å². The van der Waals surface area contributed by atoms with Crippen molar-refractivity contribution in [2.24, 2.45) is 0 Å². The maximum Gasteiger partial charge on any atom is 0.255 e. The van der Waals surface area contributed by atoms with Crippen LogP contribution < -0.4 is 5.32 Å². The second-order valence-corrected chi connectivity index (χ2v) is 5.83. The third-order valence-electron chi connectivity index (χ3n) is 3.41. The van der Waals surface area contributed by atoms with Crippen LogP contribution in [-0.2, 0) is 6.54 Å². The van der Waals surface area contributed by atoms with Crippen molar-refractivity contribution < 1.29 is 9.90 Å². The molecular weight excluding hydrogens is 302 g/mol. The number of aliphatic hydroxyl groups excluding tert-OH is 1. The average Bonchev–Trinajstić information content (AvgIpc) is 2.73. The Morgan fingerprint density at radius 2 is 2.00 bits per heavy atom. The van der Waals surface area contributed by atoms with Crippen molar-refractivity contribution >= 4 is 17.5 Å². The zero-order chi connectivity index (χ0) is 16.3. The average molecular weight is 322 g/mol. The molecule has 0 aliphatic heterocycles. The van der Waals surface area contributed by atoms with Gasteiger partial charge in [-0.1, -0.05) is 23.7 Å². The van der Waals surface area contributed by atoms with Gasteiger partial charge in [-0.3, -0.25) is 9.48 Å². The number of aryl methyl sites for hydroxylation is 1. The Kier molecular flexibility index (Phi) is 5.21. The standard InChI is InChI=1S/C16H20ClN3O2/c1-10(21)8-18-16(22)15-11(2)19-20(12(15)3)9-13-4-6-14(17)7-5-13/h4-7,10,21H,8-9H2,1-3H3,(H,18,22). The molecule has 0 aliphatic rings. The van der Waals surface area contributed by atoms with E-state index in [1.807, 2.05) is 38.1 Å². The van der Waals surface area contributed by atoms with E-state index in [-0.39, 0.29) is 12.5 Å². The molecule has 2 N–H and O–H groups in total. The molecule has 1 heterocycles. The van der Waals surface area contributed by atoms with Gasteiger partial charge in [0.1, 0.15) is 0 Å². The molecule has 22 heavy (non-hydrogen) atoms. The third-order valence-corrected chi connectivity index (χ3v) is 3.66. The summed E-state index contributed by atoms with van der Waals surface area (Å²) in [6.07, 6.45) is -0.575. The number of halogens is 1. The molecule has 0 radical (unpaired) electrons. The summed E-state index contributed by atoms with van der Waals surface area (Å²) in [7, 11) is 0. The predicted molar refractivity (Wildman–Crippen MR) is 86.3 cm³/mol. The molecule has 1 aromatic heterocycles. The van der Waals surface area contributed by atoms with E-state index < -0.39 is 6.10 Å². The highest BCUT2D eigenvalue weighted by Crippen LogP contribution is 2.16. The van der Waals surface area contributed by atoms with E-state index >= 15 is 0 Å². The van der Waals surface area contributed by atoms with E-state index in [9.17, 15) is 9.90 Å². The number of aromatic nitrogens is 2. The molecule has 0 saturated carbocycles. The number of carbonyl (C=O) groups excluding carboxylic acids is 1. The number of nitrogens with zero attached hydrogens (tertiary/aromatic N) is 2. The van der Waals surface area contributed by atoms with Crippen molar-refractivity contribution in [3.05, 3.63) is 51.8 Å². The van der Waals surface area contributed by atoms with Gasteiger partial charge in [0.05, 0.1) is 23.9 Å². The van der Waals surface area contributed by atoms with Gasteiger partial charge in [0, 0.05) is 17.3 Å². The lowest BCUT2D eigenvalue weighted by Crippen LogP contribution is -2.31. The smallest absolute Gasteiger partial charge is 0.255 e. The summed E-state index contributed by atoms with van der Waals surface area (Å²) in [5.41, 5.74) is 3.10. The first-order valence-corrected chi connectivity index (χ1v) is 7.51. The Morgan fingerprint density at radius 1 is 1.36 bits per heavy atom. The van der Waals surface area contributed by atoms with Crippen LogP contribution in [0.5, 0.6) is 0 Å². The molecule has 118 valence electrons. The van der Waals surface area contributed by atoms with Crippen molar-refractivity contribution in [2.75, 3.05) is 6.54 Å². The lowest BCUT2D eigenvalue weighted by molar-refractivity contribution is 0.0922. The fourth-order valence-corrected chi connectivity index (χ4v) is 2.40. The Balaban J connectivity index is 2.19. The lowest BCUT2D eigenvalue weighted by atomic mass is 10.1. The fourth-order valence-electron chi connectivity index (χ4n) is 2.27. The van der Waals surface area contributed by atoms with Gasteiger partial charge in [-0.15, -0.1) is 0 Å². The fraction of sp³-hybridized carbons (Fsp3) is 0.375. The van der Waals surface area contributed by atoms with Crippen molar-refractivity contribution in [1.29, 1.82) is 0 Å². The molecule has 5 nitrogen and oxygen atoms in total. The molecule has 0 aliphatic carbocycles. The summed E-state index contributed by atoms with van der Waals surface area (Å²) < 4.78 is 1.80. The van der Waals surface area contributed by atoms with Crippen LogP contribution in [0.1, 0.15) is 34.2 Å². The summed E-state index contributed by atoms with van der Waals surface area (Å²) in [5, 5.41) is 17.1. The molecular formula is C16H20ClN3O2. The molecule has 0 bridgehead atoms. The highest BCUT2D eigenvalue weighted by molar-refractivity contribution is 6.30. The van der Waals surface area contributed by atoms with Crippen LogP contribution in [0.15, 0.2) is 24.3 Å². The zero-order valence-electron chi connectivity index (χ0n) is 12.9. The number of carbonyl (C=O) groups is 1. The molecule has 1 unspecified atom stereocenters. The van der Waals surface area contributed by atoms with Gasteiger partial charge in [-0.05, 0) is 38.5 Å². The van der Waals surface area contributed by atoms with Crippen LogP contribution in [-0.4, -0.2) is 33.4 Å². The van der Waals surface area contributed by atoms with Crippen LogP contribution in [0.25, 0.3) is 0 Å². The summed E-state index contributed by atoms with van der Waals surface area (Å²) >= 11 is 5.88. The van der Waals surface area contributed by atoms with Gasteiger partial charge in [0.25, 0.3) is 5.91 Å². The first-order valence-electron chi connectivity index (χ1n) is 7.13. The van der Waals surface area contributed by atoms with Crippen molar-refractivity contribution in [3.63, 3.8) is 0 Å². The Labute approximate surface area is 134 Å². The second-order valence-electron chi connectivity index (χ2n) is 5.39. The van der Waals surface area contributed by atoms with Crippen LogP contribution >= 0.6 is 11.6 Å². The van der Waals surface area contributed by atoms with E-state index in [0.29, 0.717) is 22.8 Å². The number of hydrogen-bond acceptors (Lipinski definition) is 3. The van der Waals surface area contributed by atoms with Crippen LogP contribution in [0.3, 0.4) is 0 Å². The first kappa shape index (κ1) is 16.5. The van der Waals surface area contributed by atoms with Gasteiger partial charge < -0.3 is 10.4 Å². The summed E-state index contributed by atoms with van der Waals surface area (Å²) in [5.74, 6) is -0.210. The van der Waals surface area contributed by atoms with E-state index in [4.69, 9.17) is 11.6 Å². The normalized spacial score (nSPS) is 12.2. The van der Waals surface area contributed by atoms with Crippen molar-refractivity contribution in [2.45, 2.75) is 33.4 Å². The molecule has 1 aromatic carbocycles. The predicted octanol–water partition coefficient (Wildman–Crippen LogP) is 2.31. The molecule has 0 saturated heterocycles. The molecule has 2 aromatic rings.